The molecule has 2 amide bonds. The van der Waals surface area contributed by atoms with Crippen LogP contribution in [0.5, 0.6) is 0 Å². The number of carbonyl (C=O) groups is 3. The molecule has 174 valence electrons. The summed E-state index contributed by atoms with van der Waals surface area (Å²) in [4.78, 5) is 40.1. The van der Waals surface area contributed by atoms with Gasteiger partial charge in [0.25, 0.3) is 0 Å². The number of benzene rings is 2. The second-order valence-electron chi connectivity index (χ2n) is 8.96. The van der Waals surface area contributed by atoms with Gasteiger partial charge in [0.05, 0.1) is 11.4 Å². The number of nitrogens with one attached hydrogen (secondary N) is 1. The first kappa shape index (κ1) is 23.3. The van der Waals surface area contributed by atoms with Crippen LogP contribution in [0, 0.1) is 5.92 Å². The van der Waals surface area contributed by atoms with Crippen molar-refractivity contribution in [1.29, 1.82) is 0 Å². The molecule has 2 heterocycles. The maximum absolute atomic E-state index is 13.0. The Labute approximate surface area is 197 Å². The summed E-state index contributed by atoms with van der Waals surface area (Å²) in [7, 11) is 0. The maximum atomic E-state index is 13.0. The number of carbonyl (C=O) groups excluding carboxylic acids is 3. The van der Waals surface area contributed by atoms with Gasteiger partial charge >= 0.3 is 5.97 Å². The number of rotatable bonds is 7. The van der Waals surface area contributed by atoms with Crippen LogP contribution in [0.1, 0.15) is 37.9 Å². The molecule has 33 heavy (non-hydrogen) atoms. The van der Waals surface area contributed by atoms with Crippen molar-refractivity contribution >= 4 is 29.5 Å². The normalized spacial score (nSPS) is 24.9. The van der Waals surface area contributed by atoms with E-state index in [9.17, 15) is 19.5 Å². The Morgan fingerprint density at radius 3 is 2.36 bits per heavy atom. The fourth-order valence-electron chi connectivity index (χ4n) is 4.41. The Hall–Kier alpha value is -2.84. The van der Waals surface area contributed by atoms with Crippen LogP contribution in [0.2, 0.25) is 0 Å². The Bertz CT molecular complexity index is 1030. The molecule has 2 fully saturated rings. The van der Waals surface area contributed by atoms with Crippen molar-refractivity contribution in [2.45, 2.75) is 55.7 Å². The number of hydrogen-bond acceptors (Lipinski definition) is 6. The number of aliphatic hydroxyl groups excluding tert-OH is 1. The lowest BCUT2D eigenvalue weighted by atomic mass is 9.87. The lowest BCUT2D eigenvalue weighted by Gasteiger charge is -2.45. The van der Waals surface area contributed by atoms with Gasteiger partial charge in [-0.05, 0) is 31.9 Å². The molecule has 2 aliphatic heterocycles. The van der Waals surface area contributed by atoms with Crippen molar-refractivity contribution in [2.24, 2.45) is 5.92 Å². The summed E-state index contributed by atoms with van der Waals surface area (Å²) in [6.45, 7) is 5.69. The van der Waals surface area contributed by atoms with Crippen LogP contribution >= 0.6 is 11.8 Å². The van der Waals surface area contributed by atoms with Crippen LogP contribution < -0.4 is 5.32 Å². The average Bonchev–Trinajstić information content (AvgIpc) is 3.05. The topological polar surface area (TPSA) is 95.9 Å². The predicted molar refractivity (Wildman–Crippen MR) is 125 cm³/mol. The molecule has 2 saturated heterocycles. The SMILES string of the molecule is C[C@@H](NC(=O)[C@@H](O)[C@@H]1C(=O)N2[C@@H]1SC(C)(C)[C@@H]2C(=O)OCc1ccccc1)c1ccccc1. The largest absolute Gasteiger partial charge is 0.459 e. The van der Waals surface area contributed by atoms with Crippen molar-refractivity contribution in [3.05, 3.63) is 71.8 Å². The molecule has 4 rings (SSSR count). The number of ether oxygens (including phenoxy) is 1. The van der Waals surface area contributed by atoms with Crippen LogP contribution in [0.15, 0.2) is 60.7 Å². The van der Waals surface area contributed by atoms with Crippen LogP contribution in [-0.4, -0.2) is 50.1 Å². The van der Waals surface area contributed by atoms with Gasteiger partial charge in [0.2, 0.25) is 11.8 Å². The molecular weight excluding hydrogens is 440 g/mol. The number of thioether (sulfide) groups is 1. The molecule has 2 aromatic carbocycles. The second kappa shape index (κ2) is 9.19. The number of β-lactam (4-membered cyclic amide) rings is 1. The van der Waals surface area contributed by atoms with E-state index in [2.05, 4.69) is 5.32 Å². The molecular formula is C25H28N2O5S. The highest BCUT2D eigenvalue weighted by Gasteiger charge is 2.66. The molecule has 5 atom stereocenters. The molecule has 0 aromatic heterocycles. The summed E-state index contributed by atoms with van der Waals surface area (Å²) in [5.41, 5.74) is 1.76. The zero-order valence-corrected chi connectivity index (χ0v) is 19.6. The van der Waals surface area contributed by atoms with E-state index in [1.807, 2.05) is 81.4 Å². The third-order valence-corrected chi connectivity index (χ3v) is 7.79. The number of hydrogen-bond donors (Lipinski definition) is 2. The van der Waals surface area contributed by atoms with Gasteiger partial charge in [-0.15, -0.1) is 11.8 Å². The van der Waals surface area contributed by atoms with Crippen LogP contribution in [-0.2, 0) is 25.7 Å². The third kappa shape index (κ3) is 4.50. The summed E-state index contributed by atoms with van der Waals surface area (Å²) in [5.74, 6) is -2.39. The van der Waals surface area contributed by atoms with Gasteiger partial charge in [0.15, 0.2) is 0 Å². The molecule has 0 aliphatic carbocycles. The molecule has 2 aliphatic rings. The molecule has 0 radical (unpaired) electrons. The molecule has 0 bridgehead atoms. The van der Waals surface area contributed by atoms with Gasteiger partial charge in [0.1, 0.15) is 24.7 Å². The van der Waals surface area contributed by atoms with Crippen molar-refractivity contribution < 1.29 is 24.2 Å². The highest BCUT2D eigenvalue weighted by molar-refractivity contribution is 8.01. The molecule has 2 N–H and O–H groups in total. The van der Waals surface area contributed by atoms with Gasteiger partial charge in [-0.2, -0.15) is 0 Å². The first-order valence-corrected chi connectivity index (χ1v) is 11.8. The smallest absolute Gasteiger partial charge is 0.330 e. The first-order valence-electron chi connectivity index (χ1n) is 10.9. The first-order chi connectivity index (χ1) is 15.7. The van der Waals surface area contributed by atoms with E-state index in [1.54, 1.807) is 0 Å². The molecule has 0 unspecified atom stereocenters. The minimum atomic E-state index is -1.49. The van der Waals surface area contributed by atoms with Gasteiger partial charge < -0.3 is 20.1 Å². The van der Waals surface area contributed by atoms with Gasteiger partial charge in [0, 0.05) is 4.75 Å². The number of amides is 2. The minimum Gasteiger partial charge on any atom is -0.459 e. The standard InChI is InChI=1S/C25H28N2O5S/c1-15(17-12-8-5-9-13-17)26-21(29)19(28)18-22(30)27-20(25(2,3)33-23(18)27)24(31)32-14-16-10-6-4-7-11-16/h4-13,15,18-20,23,28H,14H2,1-3H3,(H,26,29)/t15-,18-,19+,20+,23-/m1/s1. The number of aliphatic hydroxyl groups is 1. The van der Waals surface area contributed by atoms with Crippen LogP contribution in [0.25, 0.3) is 0 Å². The van der Waals surface area contributed by atoms with Gasteiger partial charge in [-0.3, -0.25) is 9.59 Å². The monoisotopic (exact) mass is 468 g/mol. The zero-order chi connectivity index (χ0) is 23.8. The zero-order valence-electron chi connectivity index (χ0n) is 18.8. The lowest BCUT2D eigenvalue weighted by molar-refractivity contribution is -0.173. The minimum absolute atomic E-state index is 0.120. The van der Waals surface area contributed by atoms with E-state index in [0.717, 1.165) is 11.1 Å². The van der Waals surface area contributed by atoms with E-state index in [-0.39, 0.29) is 12.6 Å². The summed E-state index contributed by atoms with van der Waals surface area (Å²) in [6, 6.07) is 17.6. The Balaban J connectivity index is 1.41. The Morgan fingerprint density at radius 2 is 1.73 bits per heavy atom. The van der Waals surface area contributed by atoms with Crippen molar-refractivity contribution in [1.82, 2.24) is 10.2 Å². The number of nitrogens with zero attached hydrogens (tertiary/aromatic N) is 1. The maximum Gasteiger partial charge on any atom is 0.330 e. The molecule has 0 saturated carbocycles. The summed E-state index contributed by atoms with van der Waals surface area (Å²) >= 11 is 1.41. The Morgan fingerprint density at radius 1 is 1.12 bits per heavy atom. The van der Waals surface area contributed by atoms with Gasteiger partial charge in [-0.1, -0.05) is 60.7 Å². The number of fused-ring (bicyclic) bond motifs is 1. The van der Waals surface area contributed by atoms with E-state index in [0.29, 0.717) is 0 Å². The molecule has 0 spiro atoms. The van der Waals surface area contributed by atoms with Crippen LogP contribution in [0.4, 0.5) is 0 Å². The fourth-order valence-corrected chi connectivity index (χ4v) is 6.12. The van der Waals surface area contributed by atoms with E-state index in [1.165, 1.54) is 16.7 Å². The lowest BCUT2D eigenvalue weighted by Crippen LogP contribution is -2.67. The van der Waals surface area contributed by atoms with E-state index in [4.69, 9.17) is 4.74 Å². The van der Waals surface area contributed by atoms with Crippen molar-refractivity contribution in [3.63, 3.8) is 0 Å². The van der Waals surface area contributed by atoms with E-state index >= 15 is 0 Å². The van der Waals surface area contributed by atoms with Crippen molar-refractivity contribution in [2.75, 3.05) is 0 Å². The summed E-state index contributed by atoms with van der Waals surface area (Å²) in [6.07, 6.45) is -1.49. The quantitative estimate of drug-likeness (QED) is 0.479. The Kier molecular flexibility index (Phi) is 6.50. The van der Waals surface area contributed by atoms with E-state index < -0.39 is 46.0 Å². The highest BCUT2D eigenvalue weighted by Crippen LogP contribution is 2.54. The fraction of sp³-hybridized carbons (Fsp3) is 0.400. The molecule has 7 nitrogen and oxygen atoms in total. The van der Waals surface area contributed by atoms with Gasteiger partial charge in [-0.25, -0.2) is 4.79 Å². The second-order valence-corrected chi connectivity index (χ2v) is 10.7. The highest BCUT2D eigenvalue weighted by atomic mass is 32.2. The third-order valence-electron chi connectivity index (χ3n) is 6.20. The summed E-state index contributed by atoms with van der Waals surface area (Å²) < 4.78 is 4.89. The molecule has 2 aromatic rings. The predicted octanol–water partition coefficient (Wildman–Crippen LogP) is 2.65. The average molecular weight is 469 g/mol. The molecule has 8 heteroatoms. The van der Waals surface area contributed by atoms with Crippen LogP contribution in [0.3, 0.4) is 0 Å². The number of esters is 1. The van der Waals surface area contributed by atoms with Crippen molar-refractivity contribution in [3.8, 4) is 0 Å². The summed E-state index contributed by atoms with van der Waals surface area (Å²) in [5, 5.41) is 13.0.